The highest BCUT2D eigenvalue weighted by atomic mass is 16.6. The van der Waals surface area contributed by atoms with Crippen LogP contribution in [-0.4, -0.2) is 27.5 Å². The lowest BCUT2D eigenvalue weighted by molar-refractivity contribution is 0.0634. The van der Waals surface area contributed by atoms with Crippen LogP contribution in [0.3, 0.4) is 0 Å². The normalized spacial score (nSPS) is 16.4. The van der Waals surface area contributed by atoms with Crippen molar-refractivity contribution in [2.24, 2.45) is 13.0 Å². The van der Waals surface area contributed by atoms with Gasteiger partial charge in [-0.1, -0.05) is 12.8 Å². The standard InChI is InChI=1S/C16H28N4O2/c1-11(8-12-6-7-12)17-9-13-10-18-20(5)14(13)19-15(21)22-16(2,3)4/h10-12,17H,6-9H2,1-5H3,(H,19,21). The monoisotopic (exact) mass is 308 g/mol. The molecule has 0 saturated heterocycles. The van der Waals surface area contributed by atoms with Crippen LogP contribution in [0.15, 0.2) is 6.20 Å². The molecule has 0 aromatic carbocycles. The zero-order valence-corrected chi connectivity index (χ0v) is 14.3. The minimum Gasteiger partial charge on any atom is -0.444 e. The van der Waals surface area contributed by atoms with E-state index in [4.69, 9.17) is 4.74 Å². The van der Waals surface area contributed by atoms with E-state index in [2.05, 4.69) is 22.7 Å². The molecule has 6 heteroatoms. The molecule has 1 unspecified atom stereocenters. The third kappa shape index (κ3) is 5.33. The second kappa shape index (κ2) is 6.69. The summed E-state index contributed by atoms with van der Waals surface area (Å²) in [5, 5.41) is 10.5. The average molecular weight is 308 g/mol. The molecule has 1 aliphatic rings. The molecular weight excluding hydrogens is 280 g/mol. The number of rotatable bonds is 6. The average Bonchev–Trinajstić information content (AvgIpc) is 3.12. The summed E-state index contributed by atoms with van der Waals surface area (Å²) in [6.45, 7) is 8.43. The van der Waals surface area contributed by atoms with Crippen molar-refractivity contribution in [1.82, 2.24) is 15.1 Å². The summed E-state index contributed by atoms with van der Waals surface area (Å²) in [4.78, 5) is 11.9. The van der Waals surface area contributed by atoms with E-state index in [9.17, 15) is 4.79 Å². The van der Waals surface area contributed by atoms with Gasteiger partial charge in [-0.2, -0.15) is 5.10 Å². The molecule has 0 aliphatic heterocycles. The first-order valence-electron chi connectivity index (χ1n) is 7.99. The summed E-state index contributed by atoms with van der Waals surface area (Å²) in [6, 6.07) is 0.474. The maximum absolute atomic E-state index is 11.9. The molecule has 1 aromatic heterocycles. The highest BCUT2D eigenvalue weighted by molar-refractivity contribution is 5.84. The number of anilines is 1. The highest BCUT2D eigenvalue weighted by Crippen LogP contribution is 2.33. The Morgan fingerprint density at radius 1 is 1.50 bits per heavy atom. The third-order valence-corrected chi connectivity index (χ3v) is 3.66. The van der Waals surface area contributed by atoms with Crippen molar-refractivity contribution in [3.05, 3.63) is 11.8 Å². The molecule has 0 bridgehead atoms. The van der Waals surface area contributed by atoms with Gasteiger partial charge in [0, 0.05) is 25.2 Å². The number of aryl methyl sites for hydroxylation is 1. The largest absolute Gasteiger partial charge is 0.444 e. The van der Waals surface area contributed by atoms with Gasteiger partial charge in [-0.15, -0.1) is 0 Å². The highest BCUT2D eigenvalue weighted by Gasteiger charge is 2.24. The van der Waals surface area contributed by atoms with E-state index in [1.807, 2.05) is 27.8 Å². The number of hydrogen-bond donors (Lipinski definition) is 2. The van der Waals surface area contributed by atoms with Crippen LogP contribution in [0, 0.1) is 5.92 Å². The maximum atomic E-state index is 11.9. The number of nitrogens with zero attached hydrogens (tertiary/aromatic N) is 2. The molecule has 1 fully saturated rings. The number of carbonyl (C=O) groups is 1. The Balaban J connectivity index is 1.90. The molecule has 0 spiro atoms. The van der Waals surface area contributed by atoms with Gasteiger partial charge in [0.15, 0.2) is 0 Å². The quantitative estimate of drug-likeness (QED) is 0.847. The van der Waals surface area contributed by atoms with Gasteiger partial charge in [0.25, 0.3) is 0 Å². The van der Waals surface area contributed by atoms with Crippen molar-refractivity contribution in [3.8, 4) is 0 Å². The molecule has 2 N–H and O–H groups in total. The molecule has 0 radical (unpaired) electrons. The number of amides is 1. The fourth-order valence-corrected chi connectivity index (χ4v) is 2.39. The number of aromatic nitrogens is 2. The second-order valence-electron chi connectivity index (χ2n) is 7.23. The molecule has 1 aromatic rings. The molecule has 2 rings (SSSR count). The van der Waals surface area contributed by atoms with E-state index in [-0.39, 0.29) is 0 Å². The second-order valence-corrected chi connectivity index (χ2v) is 7.23. The molecule has 124 valence electrons. The van der Waals surface area contributed by atoms with Crippen molar-refractivity contribution >= 4 is 11.9 Å². The van der Waals surface area contributed by atoms with Crippen LogP contribution in [-0.2, 0) is 18.3 Å². The first-order chi connectivity index (χ1) is 10.2. The van der Waals surface area contributed by atoms with Gasteiger partial charge in [-0.05, 0) is 40.0 Å². The van der Waals surface area contributed by atoms with E-state index in [1.54, 1.807) is 10.9 Å². The van der Waals surface area contributed by atoms with Gasteiger partial charge in [0.2, 0.25) is 0 Å². The minimum atomic E-state index is -0.514. The lowest BCUT2D eigenvalue weighted by Gasteiger charge is -2.20. The zero-order valence-electron chi connectivity index (χ0n) is 14.3. The summed E-state index contributed by atoms with van der Waals surface area (Å²) in [6.07, 6.45) is 5.27. The zero-order chi connectivity index (χ0) is 16.3. The van der Waals surface area contributed by atoms with Crippen LogP contribution >= 0.6 is 0 Å². The Bertz CT molecular complexity index is 515. The number of hydrogen-bond acceptors (Lipinski definition) is 4. The Morgan fingerprint density at radius 3 is 2.77 bits per heavy atom. The first-order valence-corrected chi connectivity index (χ1v) is 7.99. The molecule has 1 aliphatic carbocycles. The summed E-state index contributed by atoms with van der Waals surface area (Å²) in [5.41, 5.74) is 0.455. The minimum absolute atomic E-state index is 0.455. The predicted octanol–water partition coefficient (Wildman–Crippen LogP) is 3.05. The van der Waals surface area contributed by atoms with Crippen molar-refractivity contribution in [2.75, 3.05) is 5.32 Å². The van der Waals surface area contributed by atoms with Crippen molar-refractivity contribution < 1.29 is 9.53 Å². The summed E-state index contributed by atoms with van der Waals surface area (Å²) in [7, 11) is 1.81. The Morgan fingerprint density at radius 2 is 2.18 bits per heavy atom. The van der Waals surface area contributed by atoms with Gasteiger partial charge < -0.3 is 10.1 Å². The smallest absolute Gasteiger partial charge is 0.413 e. The fourth-order valence-electron chi connectivity index (χ4n) is 2.39. The van der Waals surface area contributed by atoms with Gasteiger partial charge in [0.05, 0.1) is 6.20 Å². The molecule has 1 atom stereocenters. The van der Waals surface area contributed by atoms with Crippen molar-refractivity contribution in [2.45, 2.75) is 65.1 Å². The summed E-state index contributed by atoms with van der Waals surface area (Å²) >= 11 is 0. The lowest BCUT2D eigenvalue weighted by atomic mass is 10.1. The molecule has 1 heterocycles. The summed E-state index contributed by atoms with van der Waals surface area (Å²) < 4.78 is 6.96. The maximum Gasteiger partial charge on any atom is 0.413 e. The van der Waals surface area contributed by atoms with Crippen LogP contribution in [0.4, 0.5) is 10.6 Å². The molecule has 22 heavy (non-hydrogen) atoms. The number of ether oxygens (including phenoxy) is 1. The van der Waals surface area contributed by atoms with E-state index >= 15 is 0 Å². The van der Waals surface area contributed by atoms with Crippen LogP contribution in [0.25, 0.3) is 0 Å². The molecule has 1 amide bonds. The van der Waals surface area contributed by atoms with Crippen molar-refractivity contribution in [3.63, 3.8) is 0 Å². The van der Waals surface area contributed by atoms with Crippen molar-refractivity contribution in [1.29, 1.82) is 0 Å². The number of carbonyl (C=O) groups excluding carboxylic acids is 1. The Labute approximate surface area is 132 Å². The topological polar surface area (TPSA) is 68.2 Å². The molecule has 1 saturated carbocycles. The Hall–Kier alpha value is -1.56. The van der Waals surface area contributed by atoms with Gasteiger partial charge in [0.1, 0.15) is 11.4 Å². The van der Waals surface area contributed by atoms with Crippen LogP contribution in [0.5, 0.6) is 0 Å². The summed E-state index contributed by atoms with van der Waals surface area (Å²) in [5.74, 6) is 1.58. The first kappa shape index (κ1) is 16.8. The van der Waals surface area contributed by atoms with Crippen LogP contribution < -0.4 is 10.6 Å². The van der Waals surface area contributed by atoms with E-state index in [0.29, 0.717) is 18.4 Å². The van der Waals surface area contributed by atoms with Crippen LogP contribution in [0.1, 0.15) is 52.5 Å². The fraction of sp³-hybridized carbons (Fsp3) is 0.750. The molecular formula is C16H28N4O2. The third-order valence-electron chi connectivity index (χ3n) is 3.66. The van der Waals surface area contributed by atoms with Gasteiger partial charge >= 0.3 is 6.09 Å². The number of nitrogens with one attached hydrogen (secondary N) is 2. The van der Waals surface area contributed by atoms with Gasteiger partial charge in [-0.25, -0.2) is 4.79 Å². The van der Waals surface area contributed by atoms with Gasteiger partial charge in [-0.3, -0.25) is 10.00 Å². The van der Waals surface area contributed by atoms with E-state index < -0.39 is 11.7 Å². The van der Waals surface area contributed by atoms with E-state index in [0.717, 1.165) is 11.5 Å². The Kier molecular flexibility index (Phi) is 5.11. The molecule has 6 nitrogen and oxygen atoms in total. The lowest BCUT2D eigenvalue weighted by Crippen LogP contribution is -2.29. The van der Waals surface area contributed by atoms with Crippen LogP contribution in [0.2, 0.25) is 0 Å². The SMILES string of the molecule is CC(CC1CC1)NCc1cnn(C)c1NC(=O)OC(C)(C)C. The predicted molar refractivity (Wildman–Crippen MR) is 86.7 cm³/mol. The van der Waals surface area contributed by atoms with E-state index in [1.165, 1.54) is 19.3 Å².